The van der Waals surface area contributed by atoms with Crippen LogP contribution in [0.4, 0.5) is 0 Å². The van der Waals surface area contributed by atoms with Gasteiger partial charge in [-0.3, -0.25) is 4.79 Å². The summed E-state index contributed by atoms with van der Waals surface area (Å²) in [6, 6.07) is 14.0. The number of rotatable bonds is 5. The average Bonchev–Trinajstić information content (AvgIpc) is 2.47. The fourth-order valence-corrected chi connectivity index (χ4v) is 1.78. The van der Waals surface area contributed by atoms with Crippen LogP contribution < -0.4 is 0 Å². The van der Waals surface area contributed by atoms with Gasteiger partial charge in [-0.2, -0.15) is 0 Å². The molecule has 0 heterocycles. The number of hydrogen-bond acceptors (Lipinski definition) is 4. The van der Waals surface area contributed by atoms with E-state index in [0.29, 0.717) is 6.42 Å². The summed E-state index contributed by atoms with van der Waals surface area (Å²) in [5, 5.41) is 18.5. The van der Waals surface area contributed by atoms with Crippen molar-refractivity contribution in [2.75, 3.05) is 0 Å². The second kappa shape index (κ2) is 6.61. The summed E-state index contributed by atoms with van der Waals surface area (Å²) in [4.78, 5) is 11.6. The highest BCUT2D eigenvalue weighted by Crippen LogP contribution is 2.25. The molecule has 0 amide bonds. The van der Waals surface area contributed by atoms with Crippen LogP contribution in [0.2, 0.25) is 0 Å². The van der Waals surface area contributed by atoms with Crippen LogP contribution in [0, 0.1) is 0 Å². The molecule has 2 rings (SSSR count). The van der Waals surface area contributed by atoms with Crippen LogP contribution in [-0.4, -0.2) is 16.2 Å². The van der Waals surface area contributed by atoms with E-state index in [9.17, 15) is 15.0 Å². The van der Waals surface area contributed by atoms with Crippen molar-refractivity contribution in [3.8, 4) is 11.5 Å². The Kier molecular flexibility index (Phi) is 4.60. The first-order chi connectivity index (χ1) is 9.65. The van der Waals surface area contributed by atoms with E-state index in [0.717, 1.165) is 11.1 Å². The van der Waals surface area contributed by atoms with Gasteiger partial charge in [-0.05, 0) is 29.7 Å². The highest BCUT2D eigenvalue weighted by molar-refractivity contribution is 5.69. The molecule has 0 unspecified atom stereocenters. The van der Waals surface area contributed by atoms with E-state index < -0.39 is 0 Å². The molecule has 0 aliphatic heterocycles. The van der Waals surface area contributed by atoms with Gasteiger partial charge in [0.25, 0.3) is 0 Å². The van der Waals surface area contributed by atoms with Gasteiger partial charge in [0.15, 0.2) is 11.5 Å². The standard InChI is InChI=1S/C16H16O4/c17-14-8-6-12(10-15(14)18)7-9-16(19)20-11-13-4-2-1-3-5-13/h1-6,8,10,17-18H,7,9,11H2. The van der Waals surface area contributed by atoms with Crippen molar-refractivity contribution in [3.05, 3.63) is 59.7 Å². The van der Waals surface area contributed by atoms with Gasteiger partial charge in [-0.15, -0.1) is 0 Å². The summed E-state index contributed by atoms with van der Waals surface area (Å²) in [6.07, 6.45) is 0.693. The quantitative estimate of drug-likeness (QED) is 0.648. The number of carbonyl (C=O) groups excluding carboxylic acids is 1. The molecule has 0 saturated carbocycles. The first-order valence-electron chi connectivity index (χ1n) is 6.35. The van der Waals surface area contributed by atoms with Gasteiger partial charge in [0.2, 0.25) is 0 Å². The maximum absolute atomic E-state index is 11.6. The Morgan fingerprint density at radius 3 is 2.40 bits per heavy atom. The van der Waals surface area contributed by atoms with Crippen LogP contribution in [0.15, 0.2) is 48.5 Å². The first-order valence-corrected chi connectivity index (χ1v) is 6.35. The molecule has 4 nitrogen and oxygen atoms in total. The van der Waals surface area contributed by atoms with Gasteiger partial charge < -0.3 is 14.9 Å². The van der Waals surface area contributed by atoms with Crippen molar-refractivity contribution < 1.29 is 19.7 Å². The number of benzene rings is 2. The maximum Gasteiger partial charge on any atom is 0.306 e. The second-order valence-corrected chi connectivity index (χ2v) is 4.47. The number of aryl methyl sites for hydroxylation is 1. The third-order valence-corrected chi connectivity index (χ3v) is 2.90. The zero-order valence-corrected chi connectivity index (χ0v) is 11.0. The maximum atomic E-state index is 11.6. The molecule has 4 heteroatoms. The fraction of sp³-hybridized carbons (Fsp3) is 0.188. The van der Waals surface area contributed by atoms with Crippen LogP contribution >= 0.6 is 0 Å². The molecule has 0 bridgehead atoms. The Hall–Kier alpha value is -2.49. The molecule has 20 heavy (non-hydrogen) atoms. The summed E-state index contributed by atoms with van der Waals surface area (Å²) in [5.74, 6) is -0.637. The minimum Gasteiger partial charge on any atom is -0.504 e. The van der Waals surface area contributed by atoms with Crippen molar-refractivity contribution in [1.29, 1.82) is 0 Å². The van der Waals surface area contributed by atoms with E-state index >= 15 is 0 Å². The Balaban J connectivity index is 1.79. The van der Waals surface area contributed by atoms with Crippen LogP contribution in [0.3, 0.4) is 0 Å². The van der Waals surface area contributed by atoms with E-state index in [1.54, 1.807) is 6.07 Å². The number of ether oxygens (including phenoxy) is 1. The second-order valence-electron chi connectivity index (χ2n) is 4.47. The predicted octanol–water partition coefficient (Wildman–Crippen LogP) is 2.77. The molecule has 0 spiro atoms. The number of esters is 1. The smallest absolute Gasteiger partial charge is 0.306 e. The van der Waals surface area contributed by atoms with Crippen molar-refractivity contribution >= 4 is 5.97 Å². The summed E-state index contributed by atoms with van der Waals surface area (Å²) >= 11 is 0. The fourth-order valence-electron chi connectivity index (χ4n) is 1.78. The van der Waals surface area contributed by atoms with Gasteiger partial charge in [-0.1, -0.05) is 36.4 Å². The molecule has 0 atom stereocenters. The van der Waals surface area contributed by atoms with Gasteiger partial charge in [0.1, 0.15) is 6.61 Å². The van der Waals surface area contributed by atoms with Crippen molar-refractivity contribution in [1.82, 2.24) is 0 Å². The Morgan fingerprint density at radius 2 is 1.70 bits per heavy atom. The molecule has 2 aromatic carbocycles. The molecule has 2 N–H and O–H groups in total. The molecule has 0 radical (unpaired) electrons. The van der Waals surface area contributed by atoms with E-state index in [2.05, 4.69) is 0 Å². The Labute approximate surface area is 117 Å². The Morgan fingerprint density at radius 1 is 0.950 bits per heavy atom. The minimum atomic E-state index is -0.290. The number of carbonyl (C=O) groups is 1. The van der Waals surface area contributed by atoms with Crippen molar-refractivity contribution in [2.24, 2.45) is 0 Å². The van der Waals surface area contributed by atoms with Crippen LogP contribution in [0.1, 0.15) is 17.5 Å². The van der Waals surface area contributed by atoms with Gasteiger partial charge in [0.05, 0.1) is 0 Å². The zero-order valence-electron chi connectivity index (χ0n) is 11.0. The largest absolute Gasteiger partial charge is 0.504 e. The lowest BCUT2D eigenvalue weighted by atomic mass is 10.1. The third kappa shape index (κ3) is 4.02. The minimum absolute atomic E-state index is 0.166. The molecule has 0 aliphatic carbocycles. The molecule has 0 aliphatic rings. The van der Waals surface area contributed by atoms with E-state index in [1.807, 2.05) is 30.3 Å². The van der Waals surface area contributed by atoms with Gasteiger partial charge >= 0.3 is 5.97 Å². The van der Waals surface area contributed by atoms with Crippen LogP contribution in [0.5, 0.6) is 11.5 Å². The normalized spacial score (nSPS) is 10.2. The monoisotopic (exact) mass is 272 g/mol. The van der Waals surface area contributed by atoms with Gasteiger partial charge in [0, 0.05) is 6.42 Å². The average molecular weight is 272 g/mol. The molecule has 0 aromatic heterocycles. The topological polar surface area (TPSA) is 66.8 Å². The molecular formula is C16H16O4. The first kappa shape index (κ1) is 13.9. The van der Waals surface area contributed by atoms with E-state index in [1.165, 1.54) is 12.1 Å². The van der Waals surface area contributed by atoms with E-state index in [-0.39, 0.29) is 30.5 Å². The summed E-state index contributed by atoms with van der Waals surface area (Å²) in [6.45, 7) is 0.264. The highest BCUT2D eigenvalue weighted by atomic mass is 16.5. The highest BCUT2D eigenvalue weighted by Gasteiger charge is 2.06. The molecule has 2 aromatic rings. The summed E-state index contributed by atoms with van der Waals surface area (Å²) in [5.41, 5.74) is 1.72. The molecule has 0 fully saturated rings. The van der Waals surface area contributed by atoms with Crippen LogP contribution in [-0.2, 0) is 22.6 Å². The predicted molar refractivity (Wildman–Crippen MR) is 74.3 cm³/mol. The zero-order chi connectivity index (χ0) is 14.4. The summed E-state index contributed by atoms with van der Waals surface area (Å²) < 4.78 is 5.15. The van der Waals surface area contributed by atoms with Crippen LogP contribution in [0.25, 0.3) is 0 Å². The lowest BCUT2D eigenvalue weighted by Gasteiger charge is -2.06. The number of phenolic OH excluding ortho intramolecular Hbond substituents is 2. The SMILES string of the molecule is O=C(CCc1ccc(O)c(O)c1)OCc1ccccc1. The molecule has 0 saturated heterocycles. The number of hydrogen-bond donors (Lipinski definition) is 2. The van der Waals surface area contributed by atoms with Gasteiger partial charge in [-0.25, -0.2) is 0 Å². The number of aromatic hydroxyl groups is 2. The summed E-state index contributed by atoms with van der Waals surface area (Å²) in [7, 11) is 0. The number of phenols is 2. The Bertz CT molecular complexity index is 578. The van der Waals surface area contributed by atoms with E-state index in [4.69, 9.17) is 4.74 Å². The lowest BCUT2D eigenvalue weighted by Crippen LogP contribution is -2.05. The van der Waals surface area contributed by atoms with Crippen molar-refractivity contribution in [2.45, 2.75) is 19.4 Å². The molecular weight excluding hydrogens is 256 g/mol. The third-order valence-electron chi connectivity index (χ3n) is 2.90. The molecule has 104 valence electrons. The lowest BCUT2D eigenvalue weighted by molar-refractivity contribution is -0.144. The van der Waals surface area contributed by atoms with Crippen molar-refractivity contribution in [3.63, 3.8) is 0 Å².